The Hall–Kier alpha value is -3.75. The Morgan fingerprint density at radius 2 is 1.40 bits per heavy atom. The molecule has 0 radical (unpaired) electrons. The lowest BCUT2D eigenvalue weighted by Crippen LogP contribution is -2.62. The Bertz CT molecular complexity index is 1570. The van der Waals surface area contributed by atoms with E-state index in [1.165, 1.54) is 19.2 Å². The molecule has 3 aromatic rings. The van der Waals surface area contributed by atoms with Crippen LogP contribution in [0, 0.1) is 0 Å². The second kappa shape index (κ2) is 12.9. The molecular formula is C28H32O17. The Morgan fingerprint density at radius 1 is 0.756 bits per heavy atom. The summed E-state index contributed by atoms with van der Waals surface area (Å²) < 4.78 is 33.0. The van der Waals surface area contributed by atoms with Crippen molar-refractivity contribution >= 4 is 11.0 Å². The van der Waals surface area contributed by atoms with Crippen LogP contribution in [0.4, 0.5) is 0 Å². The Balaban J connectivity index is 1.48. The number of benzene rings is 2. The molecule has 10 atom stereocenters. The predicted molar refractivity (Wildman–Crippen MR) is 146 cm³/mol. The van der Waals surface area contributed by atoms with E-state index in [9.17, 15) is 55.9 Å². The van der Waals surface area contributed by atoms with Crippen LogP contribution in [0.3, 0.4) is 0 Å². The van der Waals surface area contributed by atoms with Crippen molar-refractivity contribution in [2.75, 3.05) is 20.3 Å². The van der Waals surface area contributed by atoms with E-state index in [1.807, 2.05) is 0 Å². The molecule has 246 valence electrons. The first-order valence-corrected chi connectivity index (χ1v) is 13.5. The zero-order chi connectivity index (χ0) is 32.7. The fourth-order valence-electron chi connectivity index (χ4n) is 5.00. The summed E-state index contributed by atoms with van der Waals surface area (Å²) in [5.41, 5.74) is -1.15. The maximum absolute atomic E-state index is 13.7. The quantitative estimate of drug-likeness (QED) is 0.115. The van der Waals surface area contributed by atoms with E-state index in [2.05, 4.69) is 0 Å². The maximum atomic E-state index is 13.7. The predicted octanol–water partition coefficient (Wildman–Crippen LogP) is -2.41. The van der Waals surface area contributed by atoms with Crippen LogP contribution < -0.4 is 14.9 Å². The number of rotatable bonds is 8. The normalized spacial score (nSPS) is 32.0. The highest BCUT2D eigenvalue weighted by atomic mass is 16.7. The minimum Gasteiger partial charge on any atom is -0.507 e. The first-order valence-electron chi connectivity index (χ1n) is 13.5. The summed E-state index contributed by atoms with van der Waals surface area (Å²) in [6.07, 6.45) is -17.3. The first kappa shape index (κ1) is 32.6. The van der Waals surface area contributed by atoms with Crippen LogP contribution >= 0.6 is 0 Å². The molecule has 45 heavy (non-hydrogen) atoms. The van der Waals surface area contributed by atoms with Gasteiger partial charge in [0, 0.05) is 17.7 Å². The molecule has 10 N–H and O–H groups in total. The van der Waals surface area contributed by atoms with E-state index in [4.69, 9.17) is 28.1 Å². The Labute approximate surface area is 252 Å². The third-order valence-electron chi connectivity index (χ3n) is 7.56. The van der Waals surface area contributed by atoms with E-state index >= 15 is 0 Å². The molecule has 0 aliphatic carbocycles. The van der Waals surface area contributed by atoms with Crippen molar-refractivity contribution in [1.29, 1.82) is 0 Å². The first-order chi connectivity index (χ1) is 21.4. The van der Waals surface area contributed by atoms with Crippen molar-refractivity contribution in [3.05, 3.63) is 40.6 Å². The number of phenols is 3. The molecular weight excluding hydrogens is 608 g/mol. The minimum atomic E-state index is -1.98. The van der Waals surface area contributed by atoms with Gasteiger partial charge in [-0.05, 0) is 18.2 Å². The highest BCUT2D eigenvalue weighted by Gasteiger charge is 2.48. The molecule has 2 aliphatic rings. The van der Waals surface area contributed by atoms with Gasteiger partial charge in [-0.25, -0.2) is 0 Å². The number of fused-ring (bicyclic) bond motifs is 1. The van der Waals surface area contributed by atoms with Crippen LogP contribution in [0.25, 0.3) is 22.3 Å². The zero-order valence-electron chi connectivity index (χ0n) is 23.4. The van der Waals surface area contributed by atoms with Gasteiger partial charge in [0.1, 0.15) is 71.3 Å². The summed E-state index contributed by atoms with van der Waals surface area (Å²) >= 11 is 0. The minimum absolute atomic E-state index is 0.00464. The van der Waals surface area contributed by atoms with E-state index in [0.717, 1.165) is 18.2 Å². The molecule has 0 amide bonds. The smallest absolute Gasteiger partial charge is 0.239 e. The number of aromatic hydroxyl groups is 3. The number of aliphatic hydroxyl groups excluding tert-OH is 7. The Kier molecular flexibility index (Phi) is 9.38. The van der Waals surface area contributed by atoms with Crippen LogP contribution in [0.1, 0.15) is 0 Å². The molecule has 2 fully saturated rings. The van der Waals surface area contributed by atoms with Gasteiger partial charge < -0.3 is 79.2 Å². The number of hydrogen-bond acceptors (Lipinski definition) is 17. The average molecular weight is 641 g/mol. The summed E-state index contributed by atoms with van der Waals surface area (Å²) in [4.78, 5) is 13.7. The third kappa shape index (κ3) is 6.10. The third-order valence-corrected chi connectivity index (χ3v) is 7.56. The van der Waals surface area contributed by atoms with Crippen molar-refractivity contribution in [2.45, 2.75) is 61.4 Å². The lowest BCUT2D eigenvalue weighted by Gasteiger charge is -2.42. The van der Waals surface area contributed by atoms with Gasteiger partial charge >= 0.3 is 0 Å². The van der Waals surface area contributed by atoms with Crippen LogP contribution in [-0.2, 0) is 14.2 Å². The fraction of sp³-hybridized carbons (Fsp3) is 0.464. The molecule has 0 bridgehead atoms. The molecule has 0 spiro atoms. The molecule has 2 aromatic carbocycles. The summed E-state index contributed by atoms with van der Waals surface area (Å²) in [7, 11) is 1.31. The molecule has 0 unspecified atom stereocenters. The molecule has 1 aromatic heterocycles. The number of phenolic OH excluding ortho intramolecular Hbond substituents is 3. The topological polar surface area (TPSA) is 279 Å². The lowest BCUT2D eigenvalue weighted by atomic mass is 9.98. The molecule has 17 heteroatoms. The van der Waals surface area contributed by atoms with Gasteiger partial charge in [0.25, 0.3) is 0 Å². The highest BCUT2D eigenvalue weighted by Crippen LogP contribution is 2.39. The van der Waals surface area contributed by atoms with Gasteiger partial charge in [-0.15, -0.1) is 0 Å². The van der Waals surface area contributed by atoms with Gasteiger partial charge in [0.15, 0.2) is 23.5 Å². The molecule has 5 rings (SSSR count). The van der Waals surface area contributed by atoms with Gasteiger partial charge in [0.05, 0.1) is 20.3 Å². The number of ether oxygens (including phenoxy) is 5. The van der Waals surface area contributed by atoms with E-state index in [0.29, 0.717) is 0 Å². The van der Waals surface area contributed by atoms with Gasteiger partial charge in [-0.3, -0.25) is 4.79 Å². The van der Waals surface area contributed by atoms with Gasteiger partial charge in [0.2, 0.25) is 17.5 Å². The van der Waals surface area contributed by atoms with Crippen molar-refractivity contribution in [2.24, 2.45) is 0 Å². The van der Waals surface area contributed by atoms with E-state index in [-0.39, 0.29) is 28.0 Å². The zero-order valence-corrected chi connectivity index (χ0v) is 23.4. The number of aliphatic hydroxyl groups is 7. The fourth-order valence-corrected chi connectivity index (χ4v) is 5.00. The molecule has 17 nitrogen and oxygen atoms in total. The standard InChI is InChI=1S/C28H32O17/c1-40-10-5-13(32)17-14(6-10)42-25(9-2-3-11(30)12(31)4-9)26(20(17)35)45-28-24(39)22(37)19(34)16(44-28)8-41-27-23(38)21(36)18(33)15(7-29)43-27/h2-6,15-16,18-19,21-24,27-34,36-39H,7-8H2,1H3/t15-,16+,18+,19-,21+,22-,23-,24+,27-,28-/m1/s1. The van der Waals surface area contributed by atoms with E-state index < -0.39 is 103 Å². The van der Waals surface area contributed by atoms with Gasteiger partial charge in [-0.1, -0.05) is 0 Å². The largest absolute Gasteiger partial charge is 0.507 e. The molecule has 3 heterocycles. The average Bonchev–Trinajstić information content (AvgIpc) is 3.02. The molecule has 2 aliphatic heterocycles. The summed E-state index contributed by atoms with van der Waals surface area (Å²) in [6.45, 7) is -1.40. The Morgan fingerprint density at radius 3 is 2.04 bits per heavy atom. The lowest BCUT2D eigenvalue weighted by molar-refractivity contribution is -0.323. The second-order valence-electron chi connectivity index (χ2n) is 10.5. The van der Waals surface area contributed by atoms with Crippen molar-refractivity contribution < 1.29 is 79.2 Å². The van der Waals surface area contributed by atoms with Crippen LogP contribution in [0.5, 0.6) is 28.7 Å². The number of methoxy groups -OCH3 is 1. The van der Waals surface area contributed by atoms with Crippen molar-refractivity contribution in [1.82, 2.24) is 0 Å². The summed E-state index contributed by atoms with van der Waals surface area (Å²) in [5, 5.41) is 102. The van der Waals surface area contributed by atoms with E-state index in [1.54, 1.807) is 0 Å². The van der Waals surface area contributed by atoms with Crippen LogP contribution in [0.15, 0.2) is 39.5 Å². The second-order valence-corrected chi connectivity index (χ2v) is 10.5. The van der Waals surface area contributed by atoms with Crippen molar-refractivity contribution in [3.8, 4) is 40.1 Å². The van der Waals surface area contributed by atoms with Crippen LogP contribution in [-0.4, -0.2) is 133 Å². The van der Waals surface area contributed by atoms with Crippen molar-refractivity contribution in [3.63, 3.8) is 0 Å². The summed E-state index contributed by atoms with van der Waals surface area (Å²) in [6, 6.07) is 5.83. The SMILES string of the molecule is COc1cc(O)c2c(=O)c(O[C@H]3O[C@@H](CO[C@@H]4O[C@H](CO)[C@H](O)[C@H](O)[C@H]4O)[C@@H](O)[C@@H](O)[C@@H]3O)c(-c3ccc(O)c(O)c3)oc2c1. The number of hydrogen-bond donors (Lipinski definition) is 10. The maximum Gasteiger partial charge on any atom is 0.239 e. The molecule has 0 saturated carbocycles. The molecule has 2 saturated heterocycles. The monoisotopic (exact) mass is 640 g/mol. The highest BCUT2D eigenvalue weighted by molar-refractivity contribution is 5.88. The van der Waals surface area contributed by atoms with Gasteiger partial charge in [-0.2, -0.15) is 0 Å². The van der Waals surface area contributed by atoms with Crippen LogP contribution in [0.2, 0.25) is 0 Å². The summed E-state index contributed by atoms with van der Waals surface area (Å²) in [5.74, 6) is -2.55.